The number of pyridine rings is 1. The van der Waals surface area contributed by atoms with Gasteiger partial charge in [0.1, 0.15) is 17.1 Å². The number of rotatable bonds is 3. The number of amides is 1. The molecule has 0 saturated heterocycles. The fourth-order valence-corrected chi connectivity index (χ4v) is 4.77. The molecule has 9 nitrogen and oxygen atoms in total. The zero-order chi connectivity index (χ0) is 26.1. The fourth-order valence-electron chi connectivity index (χ4n) is 4.77. The van der Waals surface area contributed by atoms with Crippen LogP contribution in [-0.2, 0) is 33.7 Å². The number of carbonyl (C=O) groups is 1. The Kier molecular flexibility index (Phi) is 5.37. The first-order valence-electron chi connectivity index (χ1n) is 11.0. The molecular weight excluding hydrogens is 487 g/mol. The summed E-state index contributed by atoms with van der Waals surface area (Å²) in [5, 5.41) is 12.9. The predicted octanol–water partition coefficient (Wildman–Crippen LogP) is 3.82. The van der Waals surface area contributed by atoms with Gasteiger partial charge in [-0.25, -0.2) is 13.8 Å². The van der Waals surface area contributed by atoms with Gasteiger partial charge in [-0.15, -0.1) is 0 Å². The summed E-state index contributed by atoms with van der Waals surface area (Å²) < 4.78 is 70.5. The van der Waals surface area contributed by atoms with Crippen LogP contribution in [0.5, 0.6) is 0 Å². The molecule has 4 aromatic heterocycles. The van der Waals surface area contributed by atoms with Crippen molar-refractivity contribution in [3.8, 4) is 11.4 Å². The molecule has 1 aliphatic heterocycles. The van der Waals surface area contributed by atoms with Gasteiger partial charge in [0, 0.05) is 33.3 Å². The zero-order valence-corrected chi connectivity index (χ0v) is 19.7. The summed E-state index contributed by atoms with van der Waals surface area (Å²) in [4.78, 5) is 19.0. The number of nitrogens with zero attached hydrogens (tertiary/aromatic N) is 8. The van der Waals surface area contributed by atoms with Crippen molar-refractivity contribution >= 4 is 16.9 Å². The highest BCUT2D eigenvalue weighted by atomic mass is 19.4. The Hall–Kier alpha value is -3.84. The molecule has 1 atom stereocenters. The molecule has 1 unspecified atom stereocenters. The first-order valence-corrected chi connectivity index (χ1v) is 11.0. The molecule has 0 fully saturated rings. The SMILES string of the molecule is CC1c2nn(C)c(-c3cc(C(F)(F)F)n(C)n3)c2CCN1C(=O)c1cc(C(F)F)nc2c1cnn2C. The summed E-state index contributed by atoms with van der Waals surface area (Å²) in [5.74, 6) is -0.486. The second-order valence-corrected chi connectivity index (χ2v) is 8.70. The highest BCUT2D eigenvalue weighted by molar-refractivity contribution is 6.05. The van der Waals surface area contributed by atoms with E-state index in [1.165, 1.54) is 27.5 Å². The molecule has 4 aromatic rings. The summed E-state index contributed by atoms with van der Waals surface area (Å²) in [7, 11) is 4.37. The van der Waals surface area contributed by atoms with E-state index in [0.717, 1.165) is 16.8 Å². The van der Waals surface area contributed by atoms with Crippen LogP contribution < -0.4 is 0 Å². The van der Waals surface area contributed by atoms with Crippen molar-refractivity contribution in [3.05, 3.63) is 46.5 Å². The van der Waals surface area contributed by atoms with Crippen LogP contribution in [0.1, 0.15) is 52.4 Å². The van der Waals surface area contributed by atoms with E-state index >= 15 is 0 Å². The van der Waals surface area contributed by atoms with Crippen molar-refractivity contribution in [2.75, 3.05) is 6.54 Å². The van der Waals surface area contributed by atoms with E-state index in [-0.39, 0.29) is 23.4 Å². The Morgan fingerprint density at radius 3 is 2.44 bits per heavy atom. The van der Waals surface area contributed by atoms with Gasteiger partial charge < -0.3 is 4.90 Å². The summed E-state index contributed by atoms with van der Waals surface area (Å²) in [6, 6.07) is 1.48. The van der Waals surface area contributed by atoms with Crippen LogP contribution in [0, 0.1) is 0 Å². The van der Waals surface area contributed by atoms with Crippen molar-refractivity contribution in [3.63, 3.8) is 0 Å². The third-order valence-corrected chi connectivity index (χ3v) is 6.49. The molecular formula is C22H21F5N8O. The molecule has 0 aliphatic carbocycles. The monoisotopic (exact) mass is 508 g/mol. The Bertz CT molecular complexity index is 1500. The lowest BCUT2D eigenvalue weighted by Crippen LogP contribution is -2.39. The Morgan fingerprint density at radius 1 is 1.08 bits per heavy atom. The first-order chi connectivity index (χ1) is 16.9. The van der Waals surface area contributed by atoms with Gasteiger partial charge in [0.25, 0.3) is 12.3 Å². The second-order valence-electron chi connectivity index (χ2n) is 8.70. The molecule has 1 amide bonds. The lowest BCUT2D eigenvalue weighted by Gasteiger charge is -2.33. The molecule has 0 saturated carbocycles. The predicted molar refractivity (Wildman–Crippen MR) is 117 cm³/mol. The number of aryl methyl sites for hydroxylation is 3. The maximum absolute atomic E-state index is 13.6. The third-order valence-electron chi connectivity index (χ3n) is 6.49. The molecule has 14 heteroatoms. The van der Waals surface area contributed by atoms with Crippen LogP contribution in [0.15, 0.2) is 18.3 Å². The van der Waals surface area contributed by atoms with E-state index in [1.54, 1.807) is 21.0 Å². The van der Waals surface area contributed by atoms with Gasteiger partial charge in [0.2, 0.25) is 0 Å². The lowest BCUT2D eigenvalue weighted by atomic mass is 9.96. The van der Waals surface area contributed by atoms with Crippen LogP contribution in [0.2, 0.25) is 0 Å². The van der Waals surface area contributed by atoms with Crippen molar-refractivity contribution in [2.45, 2.75) is 32.0 Å². The van der Waals surface area contributed by atoms with Gasteiger partial charge in [0.15, 0.2) is 5.65 Å². The number of alkyl halides is 5. The fraction of sp³-hybridized carbons (Fsp3) is 0.409. The topological polar surface area (TPSA) is 86.7 Å². The van der Waals surface area contributed by atoms with Crippen LogP contribution in [0.3, 0.4) is 0 Å². The third kappa shape index (κ3) is 3.62. The quantitative estimate of drug-likeness (QED) is 0.393. The lowest BCUT2D eigenvalue weighted by molar-refractivity contribution is -0.143. The normalized spacial score (nSPS) is 16.3. The van der Waals surface area contributed by atoms with Crippen molar-refractivity contribution in [1.82, 2.24) is 39.2 Å². The number of hydrogen-bond acceptors (Lipinski definition) is 5. The smallest absolute Gasteiger partial charge is 0.330 e. The van der Waals surface area contributed by atoms with Crippen LogP contribution in [-0.4, -0.2) is 51.7 Å². The van der Waals surface area contributed by atoms with Gasteiger partial charge in [0.05, 0.1) is 34.6 Å². The Morgan fingerprint density at radius 2 is 1.81 bits per heavy atom. The average molecular weight is 508 g/mol. The van der Waals surface area contributed by atoms with E-state index < -0.39 is 35.9 Å². The summed E-state index contributed by atoms with van der Waals surface area (Å²) in [6.45, 7) is 1.95. The summed E-state index contributed by atoms with van der Waals surface area (Å²) in [6.07, 6.45) is -5.73. The van der Waals surface area contributed by atoms with Crippen LogP contribution in [0.25, 0.3) is 22.4 Å². The maximum atomic E-state index is 13.6. The van der Waals surface area contributed by atoms with E-state index in [1.807, 2.05) is 0 Å². The van der Waals surface area contributed by atoms with Crippen LogP contribution in [0.4, 0.5) is 22.0 Å². The number of carbonyl (C=O) groups excluding carboxylic acids is 1. The number of aromatic nitrogens is 7. The second kappa shape index (κ2) is 8.10. The van der Waals surface area contributed by atoms with Crippen molar-refractivity contribution in [1.29, 1.82) is 0 Å². The highest BCUT2D eigenvalue weighted by Crippen LogP contribution is 2.38. The Balaban J connectivity index is 1.54. The van der Waals surface area contributed by atoms with E-state index in [0.29, 0.717) is 28.8 Å². The van der Waals surface area contributed by atoms with Gasteiger partial charge in [-0.3, -0.25) is 18.8 Å². The Labute approximate surface area is 201 Å². The van der Waals surface area contributed by atoms with Gasteiger partial charge >= 0.3 is 6.18 Å². The number of fused-ring (bicyclic) bond motifs is 2. The standard InChI is InChI=1S/C22H21F5N8O/c1-10-17-11(18(33(3)31-17)14-8-16(22(25,26)27)32(2)30-14)5-6-35(10)21(36)12-7-15(19(23)24)29-20-13(12)9-28-34(20)4/h7-10,19H,5-6H2,1-4H3. The molecule has 0 bridgehead atoms. The van der Waals surface area contributed by atoms with Crippen LogP contribution >= 0.6 is 0 Å². The minimum atomic E-state index is -4.56. The summed E-state index contributed by atoms with van der Waals surface area (Å²) >= 11 is 0. The average Bonchev–Trinajstić information content (AvgIpc) is 3.47. The molecule has 0 spiro atoms. The molecule has 190 valence electrons. The van der Waals surface area contributed by atoms with Gasteiger partial charge in [-0.1, -0.05) is 0 Å². The molecule has 0 aromatic carbocycles. The molecule has 5 heterocycles. The minimum absolute atomic E-state index is 0.0504. The van der Waals surface area contributed by atoms with E-state index in [2.05, 4.69) is 20.3 Å². The van der Waals surface area contributed by atoms with Crippen molar-refractivity contribution < 1.29 is 26.7 Å². The molecule has 36 heavy (non-hydrogen) atoms. The van der Waals surface area contributed by atoms with Crippen molar-refractivity contribution in [2.24, 2.45) is 21.1 Å². The largest absolute Gasteiger partial charge is 0.433 e. The van der Waals surface area contributed by atoms with E-state index in [4.69, 9.17) is 0 Å². The summed E-state index contributed by atoms with van der Waals surface area (Å²) in [5.41, 5.74) is 0.560. The van der Waals surface area contributed by atoms with Gasteiger partial charge in [-0.2, -0.15) is 28.5 Å². The molecule has 1 aliphatic rings. The number of halogens is 5. The first kappa shape index (κ1) is 23.9. The van der Waals surface area contributed by atoms with E-state index in [9.17, 15) is 26.7 Å². The highest BCUT2D eigenvalue weighted by Gasteiger charge is 2.38. The number of hydrogen-bond donors (Lipinski definition) is 0. The molecule has 0 N–H and O–H groups in total. The maximum Gasteiger partial charge on any atom is 0.433 e. The molecule has 5 rings (SSSR count). The van der Waals surface area contributed by atoms with Gasteiger partial charge in [-0.05, 0) is 25.5 Å². The molecule has 0 radical (unpaired) electrons. The zero-order valence-electron chi connectivity index (χ0n) is 19.7. The minimum Gasteiger partial charge on any atom is -0.330 e.